The highest BCUT2D eigenvalue weighted by Crippen LogP contribution is 2.28. The number of hydrogen-bond acceptors (Lipinski definition) is 6. The van der Waals surface area contributed by atoms with Crippen molar-refractivity contribution in [2.24, 2.45) is 12.9 Å². The Labute approximate surface area is 124 Å². The topological polar surface area (TPSA) is 87.2 Å². The number of nitrogens with two attached hydrogens (primary N) is 1. The molecular formula is C14H21N5O2. The van der Waals surface area contributed by atoms with Crippen LogP contribution in [0.15, 0.2) is 24.5 Å². The lowest BCUT2D eigenvalue weighted by molar-refractivity contribution is 0.354. The van der Waals surface area contributed by atoms with Gasteiger partial charge in [0.15, 0.2) is 11.5 Å². The number of nitrogens with zero attached hydrogens (tertiary/aromatic N) is 3. The van der Waals surface area contributed by atoms with Crippen molar-refractivity contribution in [1.29, 1.82) is 0 Å². The van der Waals surface area contributed by atoms with Gasteiger partial charge >= 0.3 is 0 Å². The first-order chi connectivity index (χ1) is 10.2. The molecule has 0 saturated heterocycles. The number of ether oxygens (including phenoxy) is 2. The lowest BCUT2D eigenvalue weighted by Crippen LogP contribution is -2.39. The largest absolute Gasteiger partial charge is 0.493 e. The quantitative estimate of drug-likeness (QED) is 0.569. The maximum atomic E-state index is 5.65. The summed E-state index contributed by atoms with van der Waals surface area (Å²) in [5.74, 6) is 7.97. The van der Waals surface area contributed by atoms with Gasteiger partial charge in [0.1, 0.15) is 12.2 Å². The van der Waals surface area contributed by atoms with Crippen LogP contribution in [0.5, 0.6) is 11.5 Å². The fraction of sp³-hybridized carbons (Fsp3) is 0.429. The molecule has 0 aliphatic carbocycles. The van der Waals surface area contributed by atoms with E-state index < -0.39 is 0 Å². The summed E-state index contributed by atoms with van der Waals surface area (Å²) in [7, 11) is 5.11. The van der Waals surface area contributed by atoms with Gasteiger partial charge in [-0.3, -0.25) is 16.0 Å². The molecule has 3 N–H and O–H groups in total. The van der Waals surface area contributed by atoms with Crippen LogP contribution in [0, 0.1) is 0 Å². The molecule has 21 heavy (non-hydrogen) atoms. The van der Waals surface area contributed by atoms with E-state index in [1.54, 1.807) is 25.2 Å². The van der Waals surface area contributed by atoms with Crippen LogP contribution in [0.1, 0.15) is 11.4 Å². The van der Waals surface area contributed by atoms with E-state index in [4.69, 9.17) is 15.3 Å². The van der Waals surface area contributed by atoms with Gasteiger partial charge in [-0.15, -0.1) is 0 Å². The van der Waals surface area contributed by atoms with Gasteiger partial charge in [0.2, 0.25) is 0 Å². The minimum absolute atomic E-state index is 0.0611. The molecule has 0 saturated carbocycles. The summed E-state index contributed by atoms with van der Waals surface area (Å²) in [5.41, 5.74) is 3.94. The fourth-order valence-electron chi connectivity index (χ4n) is 2.21. The molecule has 0 spiro atoms. The predicted octanol–water partition coefficient (Wildman–Crippen LogP) is 0.449. The molecule has 0 fully saturated rings. The Bertz CT molecular complexity index is 584. The molecule has 2 aromatic rings. The first kappa shape index (κ1) is 15.3. The van der Waals surface area contributed by atoms with Crippen LogP contribution >= 0.6 is 0 Å². The molecular weight excluding hydrogens is 270 g/mol. The summed E-state index contributed by atoms with van der Waals surface area (Å²) in [6.45, 7) is 0. The predicted molar refractivity (Wildman–Crippen MR) is 79.1 cm³/mol. The summed E-state index contributed by atoms with van der Waals surface area (Å²) < 4.78 is 12.3. The maximum absolute atomic E-state index is 5.65. The average Bonchev–Trinajstić information content (AvgIpc) is 2.91. The van der Waals surface area contributed by atoms with Gasteiger partial charge in [0.25, 0.3) is 0 Å². The third kappa shape index (κ3) is 3.71. The van der Waals surface area contributed by atoms with Gasteiger partial charge in [-0.1, -0.05) is 6.07 Å². The van der Waals surface area contributed by atoms with Crippen molar-refractivity contribution in [3.63, 3.8) is 0 Å². The lowest BCUT2D eigenvalue weighted by Gasteiger charge is -2.16. The Hall–Kier alpha value is -2.12. The summed E-state index contributed by atoms with van der Waals surface area (Å²) in [6.07, 6.45) is 2.99. The number of aryl methyl sites for hydroxylation is 1. The van der Waals surface area contributed by atoms with Crippen LogP contribution in [-0.4, -0.2) is 35.0 Å². The molecule has 114 valence electrons. The molecule has 7 nitrogen and oxygen atoms in total. The van der Waals surface area contributed by atoms with Gasteiger partial charge in [-0.05, 0) is 24.1 Å². The Morgan fingerprint density at radius 2 is 2.00 bits per heavy atom. The number of aromatic nitrogens is 3. The summed E-state index contributed by atoms with van der Waals surface area (Å²) in [6, 6.07) is 5.91. The van der Waals surface area contributed by atoms with Crippen molar-refractivity contribution >= 4 is 0 Å². The molecule has 0 aliphatic rings. The van der Waals surface area contributed by atoms with E-state index in [-0.39, 0.29) is 6.04 Å². The highest BCUT2D eigenvalue weighted by atomic mass is 16.5. The van der Waals surface area contributed by atoms with E-state index in [0.717, 1.165) is 17.8 Å². The van der Waals surface area contributed by atoms with Crippen LogP contribution in [0.25, 0.3) is 0 Å². The lowest BCUT2D eigenvalue weighted by atomic mass is 10.0. The molecule has 1 aromatic heterocycles. The van der Waals surface area contributed by atoms with Gasteiger partial charge in [0, 0.05) is 19.5 Å². The van der Waals surface area contributed by atoms with Gasteiger partial charge < -0.3 is 9.47 Å². The highest BCUT2D eigenvalue weighted by molar-refractivity contribution is 5.43. The molecule has 0 aliphatic heterocycles. The molecule has 2 rings (SSSR count). The van der Waals surface area contributed by atoms with Crippen molar-refractivity contribution in [2.45, 2.75) is 18.9 Å². The van der Waals surface area contributed by atoms with Crippen molar-refractivity contribution in [2.75, 3.05) is 14.2 Å². The SMILES string of the molecule is COc1ccc(CC(Cc2ncnn2C)NN)cc1OC. The number of hydrogen-bond donors (Lipinski definition) is 2. The van der Waals surface area contributed by atoms with Crippen LogP contribution < -0.4 is 20.7 Å². The molecule has 1 heterocycles. The maximum Gasteiger partial charge on any atom is 0.160 e. The highest BCUT2D eigenvalue weighted by Gasteiger charge is 2.14. The average molecular weight is 291 g/mol. The zero-order chi connectivity index (χ0) is 15.2. The second kappa shape index (κ2) is 7.05. The number of rotatable bonds is 7. The third-order valence-corrected chi connectivity index (χ3v) is 3.40. The number of nitrogens with one attached hydrogen (secondary N) is 1. The summed E-state index contributed by atoms with van der Waals surface area (Å²) >= 11 is 0. The molecule has 1 unspecified atom stereocenters. The Morgan fingerprint density at radius 1 is 1.24 bits per heavy atom. The molecule has 0 radical (unpaired) electrons. The Morgan fingerprint density at radius 3 is 2.57 bits per heavy atom. The van der Waals surface area contributed by atoms with Gasteiger partial charge in [-0.2, -0.15) is 5.10 Å². The third-order valence-electron chi connectivity index (χ3n) is 3.40. The van der Waals surface area contributed by atoms with Crippen molar-refractivity contribution < 1.29 is 9.47 Å². The van der Waals surface area contributed by atoms with E-state index in [0.29, 0.717) is 17.9 Å². The Balaban J connectivity index is 2.09. The Kier molecular flexibility index (Phi) is 5.13. The van der Waals surface area contributed by atoms with Crippen LogP contribution in [0.3, 0.4) is 0 Å². The van der Waals surface area contributed by atoms with E-state index in [2.05, 4.69) is 15.5 Å². The molecule has 0 bridgehead atoms. The first-order valence-corrected chi connectivity index (χ1v) is 6.67. The van der Waals surface area contributed by atoms with E-state index >= 15 is 0 Å². The minimum Gasteiger partial charge on any atom is -0.493 e. The summed E-state index contributed by atoms with van der Waals surface area (Å²) in [4.78, 5) is 4.22. The number of benzene rings is 1. The first-order valence-electron chi connectivity index (χ1n) is 6.67. The molecule has 7 heteroatoms. The second-order valence-electron chi connectivity index (χ2n) is 4.76. The second-order valence-corrected chi connectivity index (χ2v) is 4.76. The monoisotopic (exact) mass is 291 g/mol. The molecule has 0 amide bonds. The fourth-order valence-corrected chi connectivity index (χ4v) is 2.21. The van der Waals surface area contributed by atoms with E-state index in [1.165, 1.54) is 0 Å². The number of methoxy groups -OCH3 is 2. The van der Waals surface area contributed by atoms with Crippen molar-refractivity contribution in [3.05, 3.63) is 35.9 Å². The van der Waals surface area contributed by atoms with Crippen LogP contribution in [0.4, 0.5) is 0 Å². The van der Waals surface area contributed by atoms with E-state index in [9.17, 15) is 0 Å². The molecule has 1 atom stereocenters. The van der Waals surface area contributed by atoms with Gasteiger partial charge in [-0.25, -0.2) is 4.98 Å². The normalized spacial score (nSPS) is 12.2. The number of hydrazine groups is 1. The van der Waals surface area contributed by atoms with Crippen molar-refractivity contribution in [1.82, 2.24) is 20.2 Å². The zero-order valence-corrected chi connectivity index (χ0v) is 12.5. The van der Waals surface area contributed by atoms with Crippen molar-refractivity contribution in [3.8, 4) is 11.5 Å². The van der Waals surface area contributed by atoms with Crippen LogP contribution in [-0.2, 0) is 19.9 Å². The summed E-state index contributed by atoms with van der Waals surface area (Å²) in [5, 5.41) is 4.06. The standard InChI is InChI=1S/C14H21N5O2/c1-19-14(16-9-17-19)8-11(18-15)6-10-4-5-12(20-2)13(7-10)21-3/h4-5,7,9,11,18H,6,8,15H2,1-3H3. The smallest absolute Gasteiger partial charge is 0.160 e. The van der Waals surface area contributed by atoms with E-state index in [1.807, 2.05) is 25.2 Å². The van der Waals surface area contributed by atoms with Gasteiger partial charge in [0.05, 0.1) is 14.2 Å². The zero-order valence-electron chi connectivity index (χ0n) is 12.5. The molecule has 1 aromatic carbocycles. The van der Waals surface area contributed by atoms with Crippen LogP contribution in [0.2, 0.25) is 0 Å². The minimum atomic E-state index is 0.0611.